The number of aromatic nitrogens is 2. The summed E-state index contributed by atoms with van der Waals surface area (Å²) < 4.78 is 0. The zero-order chi connectivity index (χ0) is 5.40. The predicted octanol–water partition coefficient (Wildman–Crippen LogP) is 0.402. The average molecular weight is 107 g/mol. The number of anilines is 1. The summed E-state index contributed by atoms with van der Waals surface area (Å²) in [5.74, 6) is 0. The second-order valence-corrected chi connectivity index (χ2v) is 1.74. The van der Waals surface area contributed by atoms with Gasteiger partial charge in [0.2, 0.25) is 0 Å². The Bertz CT molecular complexity index is 186. The molecule has 0 bridgehead atoms. The molecule has 0 aliphatic carbocycles. The molecule has 0 saturated heterocycles. The van der Waals surface area contributed by atoms with Crippen molar-refractivity contribution >= 4 is 5.69 Å². The summed E-state index contributed by atoms with van der Waals surface area (Å²) >= 11 is 0. The summed E-state index contributed by atoms with van der Waals surface area (Å²) in [6, 6.07) is 0. The SMILES string of the molecule is c1ncc2c(n1)CN2. The maximum absolute atomic E-state index is 3.99. The van der Waals surface area contributed by atoms with Crippen LogP contribution in [0.5, 0.6) is 0 Å². The van der Waals surface area contributed by atoms with Crippen LogP contribution in [0.1, 0.15) is 5.69 Å². The molecule has 1 aromatic rings. The van der Waals surface area contributed by atoms with Gasteiger partial charge in [-0.2, -0.15) is 0 Å². The Kier molecular flexibility index (Phi) is 0.566. The molecule has 2 heterocycles. The van der Waals surface area contributed by atoms with Gasteiger partial charge in [-0.15, -0.1) is 0 Å². The Morgan fingerprint density at radius 3 is 3.00 bits per heavy atom. The van der Waals surface area contributed by atoms with Crippen LogP contribution in [0.2, 0.25) is 0 Å². The van der Waals surface area contributed by atoms with Gasteiger partial charge in [0.1, 0.15) is 6.33 Å². The lowest BCUT2D eigenvalue weighted by Crippen LogP contribution is -2.15. The minimum absolute atomic E-state index is 0.901. The molecule has 0 atom stereocenters. The molecule has 0 fully saturated rings. The summed E-state index contributed by atoms with van der Waals surface area (Å²) in [6.45, 7) is 0.901. The number of hydrogen-bond donors (Lipinski definition) is 1. The molecule has 3 nitrogen and oxygen atoms in total. The lowest BCUT2D eigenvalue weighted by atomic mass is 10.2. The zero-order valence-electron chi connectivity index (χ0n) is 4.26. The van der Waals surface area contributed by atoms with E-state index in [1.165, 1.54) is 0 Å². The molecule has 0 unspecified atom stereocenters. The van der Waals surface area contributed by atoms with Gasteiger partial charge in [-0.05, 0) is 0 Å². The minimum Gasteiger partial charge on any atom is -0.377 e. The van der Waals surface area contributed by atoms with Crippen molar-refractivity contribution in [2.24, 2.45) is 0 Å². The first-order valence-electron chi connectivity index (χ1n) is 2.49. The second-order valence-electron chi connectivity index (χ2n) is 1.74. The molecule has 1 aliphatic rings. The fourth-order valence-corrected chi connectivity index (χ4v) is 0.716. The van der Waals surface area contributed by atoms with Gasteiger partial charge in [0.05, 0.1) is 24.1 Å². The summed E-state index contributed by atoms with van der Waals surface area (Å²) in [5.41, 5.74) is 2.20. The summed E-state index contributed by atoms with van der Waals surface area (Å²) in [6.07, 6.45) is 3.35. The molecular formula is C5H5N3. The van der Waals surface area contributed by atoms with Crippen LogP contribution in [0, 0.1) is 0 Å². The molecule has 3 heteroatoms. The van der Waals surface area contributed by atoms with E-state index in [4.69, 9.17) is 0 Å². The Morgan fingerprint density at radius 2 is 2.62 bits per heavy atom. The van der Waals surface area contributed by atoms with Crippen LogP contribution in [0.15, 0.2) is 12.5 Å². The van der Waals surface area contributed by atoms with Gasteiger partial charge >= 0.3 is 0 Å². The van der Waals surface area contributed by atoms with Crippen LogP contribution < -0.4 is 5.32 Å². The van der Waals surface area contributed by atoms with Crippen molar-refractivity contribution in [2.45, 2.75) is 6.54 Å². The van der Waals surface area contributed by atoms with Crippen LogP contribution >= 0.6 is 0 Å². The van der Waals surface area contributed by atoms with Crippen molar-refractivity contribution in [3.8, 4) is 0 Å². The lowest BCUT2D eigenvalue weighted by molar-refractivity contribution is 0.930. The third-order valence-corrected chi connectivity index (χ3v) is 1.24. The number of nitrogens with one attached hydrogen (secondary N) is 1. The van der Waals surface area contributed by atoms with E-state index in [0.29, 0.717) is 0 Å². The smallest absolute Gasteiger partial charge is 0.115 e. The normalized spacial score (nSPS) is 13.5. The van der Waals surface area contributed by atoms with E-state index in [-0.39, 0.29) is 0 Å². The Morgan fingerprint density at radius 1 is 1.62 bits per heavy atom. The molecule has 40 valence electrons. The van der Waals surface area contributed by atoms with Gasteiger partial charge < -0.3 is 5.32 Å². The highest BCUT2D eigenvalue weighted by Gasteiger charge is 2.10. The largest absolute Gasteiger partial charge is 0.377 e. The van der Waals surface area contributed by atoms with E-state index >= 15 is 0 Å². The molecule has 0 amide bonds. The molecular weight excluding hydrogens is 102 g/mol. The third-order valence-electron chi connectivity index (χ3n) is 1.24. The molecule has 2 rings (SSSR count). The quantitative estimate of drug-likeness (QED) is 0.521. The highest BCUT2D eigenvalue weighted by atomic mass is 15.0. The summed E-state index contributed by atoms with van der Waals surface area (Å²) in [5, 5.41) is 3.06. The molecule has 1 N–H and O–H groups in total. The zero-order valence-corrected chi connectivity index (χ0v) is 4.26. The number of fused-ring (bicyclic) bond motifs is 1. The molecule has 0 spiro atoms. The van der Waals surface area contributed by atoms with Gasteiger partial charge in [-0.1, -0.05) is 0 Å². The molecule has 1 aromatic heterocycles. The Balaban J connectivity index is 2.62. The highest BCUT2D eigenvalue weighted by molar-refractivity contribution is 5.53. The van der Waals surface area contributed by atoms with E-state index < -0.39 is 0 Å². The van der Waals surface area contributed by atoms with E-state index in [9.17, 15) is 0 Å². The Labute approximate surface area is 46.8 Å². The molecule has 8 heavy (non-hydrogen) atoms. The predicted molar refractivity (Wildman–Crippen MR) is 29.4 cm³/mol. The topological polar surface area (TPSA) is 37.8 Å². The van der Waals surface area contributed by atoms with Crippen LogP contribution in [0.3, 0.4) is 0 Å². The van der Waals surface area contributed by atoms with Crippen molar-refractivity contribution in [1.82, 2.24) is 9.97 Å². The fraction of sp³-hybridized carbons (Fsp3) is 0.200. The van der Waals surface area contributed by atoms with Gasteiger partial charge in [0.25, 0.3) is 0 Å². The molecule has 0 saturated carbocycles. The standard InChI is InChI=1S/C5H5N3/c1-4-5(2-7-4)8-3-6-1/h1,3,7H,2H2. The molecule has 0 aromatic carbocycles. The lowest BCUT2D eigenvalue weighted by Gasteiger charge is -2.17. The third kappa shape index (κ3) is 0.332. The molecule has 0 radical (unpaired) electrons. The first kappa shape index (κ1) is 3.83. The number of rotatable bonds is 0. The fourth-order valence-electron chi connectivity index (χ4n) is 0.716. The van der Waals surface area contributed by atoms with Crippen LogP contribution in [-0.4, -0.2) is 9.97 Å². The number of hydrogen-bond acceptors (Lipinski definition) is 3. The van der Waals surface area contributed by atoms with E-state index in [2.05, 4.69) is 15.3 Å². The number of nitrogens with zero attached hydrogens (tertiary/aromatic N) is 2. The maximum atomic E-state index is 3.99. The van der Waals surface area contributed by atoms with Crippen molar-refractivity contribution in [2.75, 3.05) is 5.32 Å². The first-order valence-corrected chi connectivity index (χ1v) is 2.49. The summed E-state index contributed by atoms with van der Waals surface area (Å²) in [7, 11) is 0. The second kappa shape index (κ2) is 1.18. The van der Waals surface area contributed by atoms with Crippen LogP contribution in [-0.2, 0) is 6.54 Å². The van der Waals surface area contributed by atoms with Crippen molar-refractivity contribution < 1.29 is 0 Å². The van der Waals surface area contributed by atoms with E-state index in [0.717, 1.165) is 17.9 Å². The first-order chi connectivity index (χ1) is 3.97. The Hall–Kier alpha value is -1.12. The minimum atomic E-state index is 0.901. The van der Waals surface area contributed by atoms with Crippen LogP contribution in [0.25, 0.3) is 0 Å². The van der Waals surface area contributed by atoms with E-state index in [1.54, 1.807) is 12.5 Å². The maximum Gasteiger partial charge on any atom is 0.115 e. The van der Waals surface area contributed by atoms with Crippen molar-refractivity contribution in [3.63, 3.8) is 0 Å². The van der Waals surface area contributed by atoms with Gasteiger partial charge in [0.15, 0.2) is 0 Å². The van der Waals surface area contributed by atoms with Gasteiger partial charge in [0, 0.05) is 0 Å². The van der Waals surface area contributed by atoms with Crippen molar-refractivity contribution in [3.05, 3.63) is 18.2 Å². The van der Waals surface area contributed by atoms with Crippen molar-refractivity contribution in [1.29, 1.82) is 0 Å². The summed E-state index contributed by atoms with van der Waals surface area (Å²) in [4.78, 5) is 7.81. The highest BCUT2D eigenvalue weighted by Crippen LogP contribution is 2.19. The molecule has 1 aliphatic heterocycles. The van der Waals surface area contributed by atoms with Gasteiger partial charge in [-0.25, -0.2) is 9.97 Å². The average Bonchev–Trinajstić information content (AvgIpc) is 1.72. The van der Waals surface area contributed by atoms with Gasteiger partial charge in [-0.3, -0.25) is 0 Å². The van der Waals surface area contributed by atoms with E-state index in [1.807, 2.05) is 0 Å². The van der Waals surface area contributed by atoms with Crippen LogP contribution in [0.4, 0.5) is 5.69 Å². The monoisotopic (exact) mass is 107 g/mol.